The van der Waals surface area contributed by atoms with Gasteiger partial charge in [-0.1, -0.05) is 22.9 Å². The van der Waals surface area contributed by atoms with Gasteiger partial charge in [0.25, 0.3) is 0 Å². The Balaban J connectivity index is 1.87. The number of ether oxygens (including phenoxy) is 1. The normalized spacial score (nSPS) is 15.6. The van der Waals surface area contributed by atoms with Crippen LogP contribution in [0.1, 0.15) is 38.2 Å². The van der Waals surface area contributed by atoms with E-state index < -0.39 is 0 Å². The molecule has 116 valence electrons. The van der Waals surface area contributed by atoms with E-state index in [9.17, 15) is 4.79 Å². The fraction of sp³-hybridized carbons (Fsp3) is 0.562. The predicted molar refractivity (Wildman–Crippen MR) is 87.4 cm³/mol. The van der Waals surface area contributed by atoms with Gasteiger partial charge in [-0.05, 0) is 49.4 Å². The van der Waals surface area contributed by atoms with E-state index in [1.165, 1.54) is 0 Å². The Kier molecular flexibility index (Phi) is 6.06. The summed E-state index contributed by atoms with van der Waals surface area (Å²) in [5.41, 5.74) is 7.11. The van der Waals surface area contributed by atoms with Crippen LogP contribution in [0.4, 0.5) is 0 Å². The summed E-state index contributed by atoms with van der Waals surface area (Å²) < 4.78 is 6.79. The summed E-state index contributed by atoms with van der Waals surface area (Å²) in [4.78, 5) is 11.6. The van der Waals surface area contributed by atoms with Crippen molar-refractivity contribution < 1.29 is 9.53 Å². The zero-order chi connectivity index (χ0) is 15.2. The molecule has 1 amide bonds. The van der Waals surface area contributed by atoms with Crippen LogP contribution in [0.5, 0.6) is 5.75 Å². The van der Waals surface area contributed by atoms with Crippen LogP contribution in [0.3, 0.4) is 0 Å². The molecule has 0 aromatic heterocycles. The third-order valence-electron chi connectivity index (χ3n) is 3.56. The average molecular weight is 355 g/mol. The van der Waals surface area contributed by atoms with Crippen molar-refractivity contribution in [1.82, 2.24) is 5.32 Å². The first-order valence-corrected chi connectivity index (χ1v) is 8.34. The summed E-state index contributed by atoms with van der Waals surface area (Å²) in [5, 5.41) is 2.96. The van der Waals surface area contributed by atoms with Crippen LogP contribution in [0.25, 0.3) is 0 Å². The first kappa shape index (κ1) is 16.3. The van der Waals surface area contributed by atoms with E-state index in [1.54, 1.807) is 0 Å². The van der Waals surface area contributed by atoms with Crippen LogP contribution in [-0.4, -0.2) is 24.6 Å². The van der Waals surface area contributed by atoms with Gasteiger partial charge >= 0.3 is 0 Å². The number of nitrogens with one attached hydrogen (secondary N) is 1. The van der Waals surface area contributed by atoms with Crippen LogP contribution < -0.4 is 15.8 Å². The second-order valence-electron chi connectivity index (χ2n) is 5.56. The highest BCUT2D eigenvalue weighted by molar-refractivity contribution is 9.10. The van der Waals surface area contributed by atoms with Gasteiger partial charge in [-0.25, -0.2) is 0 Å². The standard InChI is InChI=1S/C16H23BrN2O2/c1-2-13(18)10-11-9-12(17)3-6-15(11)21-8-7-16(20)19-14-4-5-14/h3,6,9,13-14H,2,4-5,7-8,10,18H2,1H3,(H,19,20). The molecule has 0 aliphatic heterocycles. The Labute approximate surface area is 134 Å². The lowest BCUT2D eigenvalue weighted by Crippen LogP contribution is -2.27. The van der Waals surface area contributed by atoms with Crippen LogP contribution in [0.15, 0.2) is 22.7 Å². The zero-order valence-corrected chi connectivity index (χ0v) is 14.0. The second kappa shape index (κ2) is 7.80. The molecule has 1 aliphatic carbocycles. The molecule has 1 fully saturated rings. The molecule has 0 spiro atoms. The smallest absolute Gasteiger partial charge is 0.223 e. The molecule has 1 atom stereocenters. The topological polar surface area (TPSA) is 64.3 Å². The molecule has 1 unspecified atom stereocenters. The van der Waals surface area contributed by atoms with E-state index in [1.807, 2.05) is 18.2 Å². The average Bonchev–Trinajstić information content (AvgIpc) is 3.25. The van der Waals surface area contributed by atoms with E-state index in [0.29, 0.717) is 19.1 Å². The van der Waals surface area contributed by atoms with E-state index in [4.69, 9.17) is 10.5 Å². The SMILES string of the molecule is CCC(N)Cc1cc(Br)ccc1OCCC(=O)NC1CC1. The summed E-state index contributed by atoms with van der Waals surface area (Å²) in [6.07, 6.45) is 4.32. The Hall–Kier alpha value is -1.07. The summed E-state index contributed by atoms with van der Waals surface area (Å²) in [5.74, 6) is 0.891. The molecule has 1 aromatic rings. The summed E-state index contributed by atoms with van der Waals surface area (Å²) in [6.45, 7) is 2.47. The molecule has 1 aromatic carbocycles. The van der Waals surface area contributed by atoms with Gasteiger partial charge in [0.15, 0.2) is 0 Å². The molecule has 1 saturated carbocycles. The maximum absolute atomic E-state index is 11.6. The number of rotatable bonds is 8. The quantitative estimate of drug-likeness (QED) is 0.754. The minimum atomic E-state index is 0.0708. The minimum absolute atomic E-state index is 0.0708. The molecule has 0 radical (unpaired) electrons. The highest BCUT2D eigenvalue weighted by atomic mass is 79.9. The first-order chi connectivity index (χ1) is 10.1. The zero-order valence-electron chi connectivity index (χ0n) is 12.4. The van der Waals surface area contributed by atoms with Crippen molar-refractivity contribution in [2.45, 2.75) is 51.1 Å². The highest BCUT2D eigenvalue weighted by Crippen LogP contribution is 2.25. The number of hydrogen-bond donors (Lipinski definition) is 2. The summed E-state index contributed by atoms with van der Waals surface area (Å²) in [6, 6.07) is 6.44. The summed E-state index contributed by atoms with van der Waals surface area (Å²) >= 11 is 3.47. The molecule has 2 rings (SSSR count). The number of hydrogen-bond acceptors (Lipinski definition) is 3. The van der Waals surface area contributed by atoms with E-state index in [2.05, 4.69) is 28.2 Å². The Morgan fingerprint density at radius 2 is 2.29 bits per heavy atom. The highest BCUT2D eigenvalue weighted by Gasteiger charge is 2.22. The van der Waals surface area contributed by atoms with Gasteiger partial charge < -0.3 is 15.8 Å². The van der Waals surface area contributed by atoms with Crippen LogP contribution in [0, 0.1) is 0 Å². The van der Waals surface area contributed by atoms with Gasteiger partial charge in [-0.15, -0.1) is 0 Å². The van der Waals surface area contributed by atoms with E-state index in [0.717, 1.165) is 41.5 Å². The lowest BCUT2D eigenvalue weighted by atomic mass is 10.0. The lowest BCUT2D eigenvalue weighted by Gasteiger charge is -2.15. The van der Waals surface area contributed by atoms with E-state index in [-0.39, 0.29) is 11.9 Å². The van der Waals surface area contributed by atoms with Crippen LogP contribution in [-0.2, 0) is 11.2 Å². The van der Waals surface area contributed by atoms with Crippen LogP contribution in [0.2, 0.25) is 0 Å². The van der Waals surface area contributed by atoms with Crippen molar-refractivity contribution in [2.24, 2.45) is 5.73 Å². The lowest BCUT2D eigenvalue weighted by molar-refractivity contribution is -0.121. The molecular formula is C16H23BrN2O2. The van der Waals surface area contributed by atoms with Crippen molar-refractivity contribution >= 4 is 21.8 Å². The van der Waals surface area contributed by atoms with Gasteiger partial charge in [0.1, 0.15) is 5.75 Å². The molecule has 4 nitrogen and oxygen atoms in total. The molecule has 0 bridgehead atoms. The van der Waals surface area contributed by atoms with Crippen molar-refractivity contribution in [1.29, 1.82) is 0 Å². The maximum atomic E-state index is 11.6. The van der Waals surface area contributed by atoms with Crippen LogP contribution >= 0.6 is 15.9 Å². The van der Waals surface area contributed by atoms with Gasteiger partial charge in [0.2, 0.25) is 5.91 Å². The Morgan fingerprint density at radius 1 is 1.52 bits per heavy atom. The number of nitrogens with two attached hydrogens (primary N) is 1. The molecular weight excluding hydrogens is 332 g/mol. The number of benzene rings is 1. The number of carbonyl (C=O) groups excluding carboxylic acids is 1. The number of amides is 1. The van der Waals surface area contributed by atoms with Gasteiger partial charge in [-0.2, -0.15) is 0 Å². The first-order valence-electron chi connectivity index (χ1n) is 7.54. The molecule has 1 aliphatic rings. The van der Waals surface area contributed by atoms with Gasteiger partial charge in [0, 0.05) is 16.6 Å². The Morgan fingerprint density at radius 3 is 2.95 bits per heavy atom. The molecule has 5 heteroatoms. The molecule has 21 heavy (non-hydrogen) atoms. The van der Waals surface area contributed by atoms with Gasteiger partial charge in [-0.3, -0.25) is 4.79 Å². The third-order valence-corrected chi connectivity index (χ3v) is 4.05. The summed E-state index contributed by atoms with van der Waals surface area (Å²) in [7, 11) is 0. The third kappa shape index (κ3) is 5.67. The van der Waals surface area contributed by atoms with Crippen molar-refractivity contribution in [3.05, 3.63) is 28.2 Å². The predicted octanol–water partition coefficient (Wildman–Crippen LogP) is 2.78. The fourth-order valence-electron chi connectivity index (χ4n) is 2.06. The maximum Gasteiger partial charge on any atom is 0.223 e. The minimum Gasteiger partial charge on any atom is -0.493 e. The largest absolute Gasteiger partial charge is 0.493 e. The second-order valence-corrected chi connectivity index (χ2v) is 6.48. The van der Waals surface area contributed by atoms with Gasteiger partial charge in [0.05, 0.1) is 13.0 Å². The number of halogens is 1. The van der Waals surface area contributed by atoms with Crippen molar-refractivity contribution in [3.63, 3.8) is 0 Å². The fourth-order valence-corrected chi connectivity index (χ4v) is 2.46. The molecule has 0 saturated heterocycles. The van der Waals surface area contributed by atoms with Crippen molar-refractivity contribution in [3.8, 4) is 5.75 Å². The van der Waals surface area contributed by atoms with Crippen molar-refractivity contribution in [2.75, 3.05) is 6.61 Å². The molecule has 3 N–H and O–H groups in total. The number of carbonyl (C=O) groups is 1. The molecule has 0 heterocycles. The Bertz CT molecular complexity index is 489. The van der Waals surface area contributed by atoms with E-state index >= 15 is 0 Å². The monoisotopic (exact) mass is 354 g/mol.